The Morgan fingerprint density at radius 2 is 1.73 bits per heavy atom. The maximum absolute atomic E-state index is 4.79. The van der Waals surface area contributed by atoms with Crippen LogP contribution in [0, 0.1) is 0 Å². The van der Waals surface area contributed by atoms with E-state index in [0.717, 1.165) is 54.5 Å². The fourth-order valence-electron chi connectivity index (χ4n) is 4.50. The summed E-state index contributed by atoms with van der Waals surface area (Å²) in [4.78, 5) is 18.7. The van der Waals surface area contributed by atoms with Crippen molar-refractivity contribution in [1.82, 2.24) is 19.5 Å². The number of aromatic nitrogens is 4. The number of benzene rings is 1. The molecule has 7 nitrogen and oxygen atoms in total. The SMILES string of the molecule is CSc1nc(Nc2ccc3c(ccn3C3CC3)c2)cc(N2CCN(c3ccccn3)CC2)n1. The Kier molecular flexibility index (Phi) is 5.30. The van der Waals surface area contributed by atoms with Gasteiger partial charge in [0.15, 0.2) is 5.16 Å². The Hall–Kier alpha value is -3.26. The van der Waals surface area contributed by atoms with E-state index in [0.29, 0.717) is 6.04 Å². The molecular weight excluding hydrogens is 430 g/mol. The quantitative estimate of drug-likeness (QED) is 0.325. The van der Waals surface area contributed by atoms with Crippen LogP contribution in [0.25, 0.3) is 10.9 Å². The Morgan fingerprint density at radius 1 is 0.909 bits per heavy atom. The molecule has 2 fully saturated rings. The molecule has 0 spiro atoms. The van der Waals surface area contributed by atoms with Gasteiger partial charge in [-0.2, -0.15) is 0 Å². The predicted molar refractivity (Wildman–Crippen MR) is 136 cm³/mol. The molecular formula is C25H27N7S. The van der Waals surface area contributed by atoms with Gasteiger partial charge < -0.3 is 19.7 Å². The summed E-state index contributed by atoms with van der Waals surface area (Å²) >= 11 is 1.57. The number of anilines is 4. The third kappa shape index (κ3) is 4.23. The van der Waals surface area contributed by atoms with Crippen LogP contribution in [0.1, 0.15) is 18.9 Å². The Morgan fingerprint density at radius 3 is 2.45 bits per heavy atom. The third-order valence-electron chi connectivity index (χ3n) is 6.38. The van der Waals surface area contributed by atoms with Crippen LogP contribution in [-0.2, 0) is 0 Å². The van der Waals surface area contributed by atoms with E-state index in [1.54, 1.807) is 11.8 Å². The molecule has 6 rings (SSSR count). The largest absolute Gasteiger partial charge is 0.353 e. The molecule has 1 aromatic carbocycles. The summed E-state index contributed by atoms with van der Waals surface area (Å²) in [7, 11) is 0. The highest BCUT2D eigenvalue weighted by atomic mass is 32.2. The number of nitrogens with one attached hydrogen (secondary N) is 1. The normalized spacial score (nSPS) is 16.4. The van der Waals surface area contributed by atoms with Crippen molar-refractivity contribution in [3.8, 4) is 0 Å². The van der Waals surface area contributed by atoms with Crippen LogP contribution in [0.4, 0.5) is 23.1 Å². The molecule has 4 aromatic rings. The Balaban J connectivity index is 1.20. The summed E-state index contributed by atoms with van der Waals surface area (Å²) in [5, 5.41) is 5.56. The van der Waals surface area contributed by atoms with Gasteiger partial charge in [-0.3, -0.25) is 0 Å². The average molecular weight is 458 g/mol. The highest BCUT2D eigenvalue weighted by Gasteiger charge is 2.24. The highest BCUT2D eigenvalue weighted by Crippen LogP contribution is 2.38. The van der Waals surface area contributed by atoms with Gasteiger partial charge in [0.25, 0.3) is 0 Å². The van der Waals surface area contributed by atoms with Gasteiger partial charge in [0.1, 0.15) is 17.5 Å². The standard InChI is InChI=1S/C25H27N7S/c1-33-25-28-22(27-19-5-8-21-18(16-19)9-11-32(21)20-6-7-20)17-24(29-25)31-14-12-30(13-15-31)23-4-2-3-10-26-23/h2-5,8-11,16-17,20H,6-7,12-15H2,1H3,(H,27,28,29). The average Bonchev–Trinajstić information content (AvgIpc) is 3.63. The van der Waals surface area contributed by atoms with Crippen LogP contribution in [0.15, 0.2) is 66.1 Å². The lowest BCUT2D eigenvalue weighted by molar-refractivity contribution is 0.638. The van der Waals surface area contributed by atoms with Crippen LogP contribution in [0.3, 0.4) is 0 Å². The first kappa shape index (κ1) is 20.4. The lowest BCUT2D eigenvalue weighted by Crippen LogP contribution is -2.47. The van der Waals surface area contributed by atoms with Crippen molar-refractivity contribution < 1.29 is 0 Å². The second-order valence-corrected chi connectivity index (χ2v) is 9.39. The Bertz CT molecular complexity index is 1260. The molecule has 0 atom stereocenters. The number of fused-ring (bicyclic) bond motifs is 1. The van der Waals surface area contributed by atoms with Crippen molar-refractivity contribution in [3.63, 3.8) is 0 Å². The molecule has 1 saturated heterocycles. The van der Waals surface area contributed by atoms with Gasteiger partial charge in [0, 0.05) is 67.3 Å². The van der Waals surface area contributed by atoms with Crippen molar-refractivity contribution in [2.75, 3.05) is 47.6 Å². The van der Waals surface area contributed by atoms with E-state index in [1.165, 1.54) is 23.7 Å². The molecule has 1 aliphatic heterocycles. The minimum Gasteiger partial charge on any atom is -0.353 e. The van der Waals surface area contributed by atoms with Crippen molar-refractivity contribution in [2.24, 2.45) is 0 Å². The van der Waals surface area contributed by atoms with E-state index >= 15 is 0 Å². The molecule has 0 bridgehead atoms. The molecule has 8 heteroatoms. The fraction of sp³-hybridized carbons (Fsp3) is 0.320. The first-order valence-corrected chi connectivity index (χ1v) is 12.7. The van der Waals surface area contributed by atoms with Crippen LogP contribution in [0.2, 0.25) is 0 Å². The van der Waals surface area contributed by atoms with Gasteiger partial charge in [0.05, 0.1) is 0 Å². The number of rotatable bonds is 6. The zero-order valence-corrected chi connectivity index (χ0v) is 19.5. The molecule has 0 unspecified atom stereocenters. The summed E-state index contributed by atoms with van der Waals surface area (Å²) in [6.45, 7) is 3.66. The van der Waals surface area contributed by atoms with E-state index in [4.69, 9.17) is 9.97 Å². The zero-order chi connectivity index (χ0) is 22.2. The van der Waals surface area contributed by atoms with Gasteiger partial charge in [-0.25, -0.2) is 15.0 Å². The summed E-state index contributed by atoms with van der Waals surface area (Å²) in [6.07, 6.45) is 8.68. The lowest BCUT2D eigenvalue weighted by atomic mass is 10.2. The second kappa shape index (κ2) is 8.59. The van der Waals surface area contributed by atoms with Gasteiger partial charge in [0.2, 0.25) is 0 Å². The van der Waals surface area contributed by atoms with Gasteiger partial charge in [-0.05, 0) is 55.5 Å². The molecule has 0 amide bonds. The summed E-state index contributed by atoms with van der Waals surface area (Å²) < 4.78 is 2.40. The van der Waals surface area contributed by atoms with Crippen molar-refractivity contribution in [3.05, 3.63) is 60.9 Å². The number of piperazine rings is 1. The molecule has 1 aliphatic carbocycles. The first-order valence-electron chi connectivity index (χ1n) is 11.5. The summed E-state index contributed by atoms with van der Waals surface area (Å²) in [5.41, 5.74) is 2.36. The van der Waals surface area contributed by atoms with Crippen LogP contribution in [0.5, 0.6) is 0 Å². The second-order valence-electron chi connectivity index (χ2n) is 8.61. The van der Waals surface area contributed by atoms with Gasteiger partial charge in [-0.15, -0.1) is 0 Å². The summed E-state index contributed by atoms with van der Waals surface area (Å²) in [6, 6.07) is 17.6. The maximum Gasteiger partial charge on any atom is 0.191 e. The predicted octanol–water partition coefficient (Wildman–Crippen LogP) is 4.95. The maximum atomic E-state index is 4.79. The van der Waals surface area contributed by atoms with Crippen LogP contribution < -0.4 is 15.1 Å². The van der Waals surface area contributed by atoms with Gasteiger partial charge >= 0.3 is 0 Å². The number of nitrogens with zero attached hydrogens (tertiary/aromatic N) is 6. The molecule has 3 aromatic heterocycles. The topological polar surface area (TPSA) is 62.1 Å². The fourth-order valence-corrected chi connectivity index (χ4v) is 4.87. The molecule has 0 radical (unpaired) electrons. The van der Waals surface area contributed by atoms with E-state index < -0.39 is 0 Å². The number of pyridine rings is 1. The minimum absolute atomic E-state index is 0.688. The number of hydrogen-bond acceptors (Lipinski definition) is 7. The smallest absolute Gasteiger partial charge is 0.191 e. The van der Waals surface area contributed by atoms with Crippen molar-refractivity contribution >= 4 is 45.8 Å². The summed E-state index contributed by atoms with van der Waals surface area (Å²) in [5.74, 6) is 2.84. The molecule has 2 aliphatic rings. The monoisotopic (exact) mass is 457 g/mol. The van der Waals surface area contributed by atoms with Crippen molar-refractivity contribution in [2.45, 2.75) is 24.0 Å². The van der Waals surface area contributed by atoms with Crippen molar-refractivity contribution in [1.29, 1.82) is 0 Å². The highest BCUT2D eigenvalue weighted by molar-refractivity contribution is 7.98. The molecule has 4 heterocycles. The van der Waals surface area contributed by atoms with Crippen LogP contribution in [-0.4, -0.2) is 52.0 Å². The minimum atomic E-state index is 0.688. The van der Waals surface area contributed by atoms with Gasteiger partial charge in [-0.1, -0.05) is 17.8 Å². The molecule has 1 saturated carbocycles. The first-order chi connectivity index (χ1) is 16.3. The number of thioether (sulfide) groups is 1. The van der Waals surface area contributed by atoms with E-state index in [2.05, 4.69) is 67.3 Å². The van der Waals surface area contributed by atoms with E-state index in [-0.39, 0.29) is 0 Å². The van der Waals surface area contributed by atoms with E-state index in [1.807, 2.05) is 24.6 Å². The molecule has 168 valence electrons. The molecule has 1 N–H and O–H groups in total. The Labute approximate surface area is 197 Å². The third-order valence-corrected chi connectivity index (χ3v) is 6.93. The lowest BCUT2D eigenvalue weighted by Gasteiger charge is -2.36. The molecule has 33 heavy (non-hydrogen) atoms. The zero-order valence-electron chi connectivity index (χ0n) is 18.7. The number of hydrogen-bond donors (Lipinski definition) is 1. The van der Waals surface area contributed by atoms with E-state index in [9.17, 15) is 0 Å². The van der Waals surface area contributed by atoms with Crippen LogP contribution >= 0.6 is 11.8 Å².